The van der Waals surface area contributed by atoms with Crippen LogP contribution < -0.4 is 5.56 Å². The van der Waals surface area contributed by atoms with Crippen LogP contribution in [-0.4, -0.2) is 20.9 Å². The second kappa shape index (κ2) is 6.18. The van der Waals surface area contributed by atoms with Crippen LogP contribution in [0.3, 0.4) is 0 Å². The summed E-state index contributed by atoms with van der Waals surface area (Å²) in [5, 5.41) is 12.8. The monoisotopic (exact) mass is 238 g/mol. The Morgan fingerprint density at radius 1 is 1.53 bits per heavy atom. The zero-order valence-electron chi connectivity index (χ0n) is 10.3. The molecule has 0 bridgehead atoms. The molecule has 0 atom stereocenters. The van der Waals surface area contributed by atoms with E-state index < -0.39 is 5.97 Å². The van der Waals surface area contributed by atoms with Crippen molar-refractivity contribution in [3.63, 3.8) is 0 Å². The molecule has 5 heteroatoms. The first kappa shape index (κ1) is 13.4. The van der Waals surface area contributed by atoms with E-state index in [1.54, 1.807) is 6.07 Å². The van der Waals surface area contributed by atoms with Crippen LogP contribution >= 0.6 is 0 Å². The van der Waals surface area contributed by atoms with E-state index in [2.05, 4.69) is 5.10 Å². The Morgan fingerprint density at radius 3 is 2.82 bits per heavy atom. The molecular weight excluding hydrogens is 220 g/mol. The van der Waals surface area contributed by atoms with Gasteiger partial charge in [0.15, 0.2) is 0 Å². The van der Waals surface area contributed by atoms with Crippen LogP contribution in [-0.2, 0) is 17.8 Å². The second-order valence-corrected chi connectivity index (χ2v) is 4.09. The summed E-state index contributed by atoms with van der Waals surface area (Å²) in [7, 11) is 0. The van der Waals surface area contributed by atoms with Crippen LogP contribution in [0.15, 0.2) is 10.9 Å². The van der Waals surface area contributed by atoms with Gasteiger partial charge in [0.1, 0.15) is 0 Å². The number of hydrogen-bond donors (Lipinski definition) is 1. The number of aryl methyl sites for hydroxylation is 3. The molecule has 0 aliphatic heterocycles. The Balaban J connectivity index is 2.93. The standard InChI is InChI=1S/C12H18N2O3/c1-3-4-7-14-12(17)10(5-6-11(15)16)8-9(2)13-14/h8H,3-7H2,1-2H3,(H,15,16). The van der Waals surface area contributed by atoms with Crippen molar-refractivity contribution in [1.82, 2.24) is 9.78 Å². The number of nitrogens with zero attached hydrogens (tertiary/aromatic N) is 2. The fraction of sp³-hybridized carbons (Fsp3) is 0.583. The molecule has 0 amide bonds. The summed E-state index contributed by atoms with van der Waals surface area (Å²) >= 11 is 0. The summed E-state index contributed by atoms with van der Waals surface area (Å²) in [5.41, 5.74) is 1.13. The van der Waals surface area contributed by atoms with Crippen LogP contribution in [0.2, 0.25) is 0 Å². The van der Waals surface area contributed by atoms with Crippen LogP contribution in [0.25, 0.3) is 0 Å². The highest BCUT2D eigenvalue weighted by Gasteiger charge is 2.08. The first-order valence-electron chi connectivity index (χ1n) is 5.84. The number of rotatable bonds is 6. The first-order chi connectivity index (χ1) is 8.04. The number of carboxylic acid groups (broad SMARTS) is 1. The number of carboxylic acids is 1. The maximum atomic E-state index is 11.9. The van der Waals surface area contributed by atoms with Crippen molar-refractivity contribution in [2.24, 2.45) is 0 Å². The largest absolute Gasteiger partial charge is 0.481 e. The van der Waals surface area contributed by atoms with Gasteiger partial charge in [0.2, 0.25) is 0 Å². The van der Waals surface area contributed by atoms with Crippen LogP contribution in [0, 0.1) is 6.92 Å². The third kappa shape index (κ3) is 4.01. The lowest BCUT2D eigenvalue weighted by atomic mass is 10.1. The van der Waals surface area contributed by atoms with E-state index in [0.717, 1.165) is 18.5 Å². The van der Waals surface area contributed by atoms with Gasteiger partial charge >= 0.3 is 5.97 Å². The summed E-state index contributed by atoms with van der Waals surface area (Å²) in [6.07, 6.45) is 2.14. The predicted molar refractivity (Wildman–Crippen MR) is 64.1 cm³/mol. The maximum absolute atomic E-state index is 11.9. The number of hydrogen-bond acceptors (Lipinski definition) is 3. The lowest BCUT2D eigenvalue weighted by Gasteiger charge is -2.07. The highest BCUT2D eigenvalue weighted by atomic mass is 16.4. The van der Waals surface area contributed by atoms with E-state index in [1.807, 2.05) is 13.8 Å². The Labute approximate surface area is 100 Å². The molecule has 0 unspecified atom stereocenters. The molecule has 0 saturated carbocycles. The molecule has 0 radical (unpaired) electrons. The van der Waals surface area contributed by atoms with Crippen molar-refractivity contribution in [1.29, 1.82) is 0 Å². The zero-order valence-corrected chi connectivity index (χ0v) is 10.3. The molecule has 0 aliphatic rings. The summed E-state index contributed by atoms with van der Waals surface area (Å²) in [6.45, 7) is 4.45. The third-order valence-corrected chi connectivity index (χ3v) is 2.50. The summed E-state index contributed by atoms with van der Waals surface area (Å²) < 4.78 is 1.44. The molecule has 0 saturated heterocycles. The minimum absolute atomic E-state index is 0.0214. The van der Waals surface area contributed by atoms with Crippen molar-refractivity contribution in [3.05, 3.63) is 27.7 Å². The Morgan fingerprint density at radius 2 is 2.24 bits per heavy atom. The lowest BCUT2D eigenvalue weighted by Crippen LogP contribution is -2.27. The Kier molecular flexibility index (Phi) is 4.87. The third-order valence-electron chi connectivity index (χ3n) is 2.50. The molecule has 0 aromatic carbocycles. The van der Waals surface area contributed by atoms with Crippen LogP contribution in [0.4, 0.5) is 0 Å². The maximum Gasteiger partial charge on any atom is 0.303 e. The topological polar surface area (TPSA) is 72.2 Å². The van der Waals surface area contributed by atoms with E-state index in [4.69, 9.17) is 5.11 Å². The molecule has 1 aromatic heterocycles. The van der Waals surface area contributed by atoms with Crippen molar-refractivity contribution in [2.75, 3.05) is 0 Å². The van der Waals surface area contributed by atoms with Gasteiger partial charge in [-0.3, -0.25) is 9.59 Å². The van der Waals surface area contributed by atoms with Crippen molar-refractivity contribution in [3.8, 4) is 0 Å². The predicted octanol–water partition coefficient (Wildman–Crippen LogP) is 1.37. The average molecular weight is 238 g/mol. The number of aromatic nitrogens is 2. The van der Waals surface area contributed by atoms with Crippen molar-refractivity contribution < 1.29 is 9.90 Å². The number of aliphatic carboxylic acids is 1. The molecule has 0 spiro atoms. The van der Waals surface area contributed by atoms with Gasteiger partial charge in [0.05, 0.1) is 5.69 Å². The second-order valence-electron chi connectivity index (χ2n) is 4.09. The Bertz CT molecular complexity index is 452. The van der Waals surface area contributed by atoms with E-state index in [1.165, 1.54) is 4.68 Å². The molecule has 5 nitrogen and oxygen atoms in total. The van der Waals surface area contributed by atoms with Crippen LogP contribution in [0.1, 0.15) is 37.4 Å². The number of unbranched alkanes of at least 4 members (excludes halogenated alkanes) is 1. The minimum atomic E-state index is -0.890. The molecule has 17 heavy (non-hydrogen) atoms. The highest BCUT2D eigenvalue weighted by molar-refractivity contribution is 5.67. The fourth-order valence-electron chi connectivity index (χ4n) is 1.62. The van der Waals surface area contributed by atoms with Crippen molar-refractivity contribution in [2.45, 2.75) is 46.1 Å². The molecule has 1 rings (SSSR count). The van der Waals surface area contributed by atoms with Crippen molar-refractivity contribution >= 4 is 5.97 Å². The zero-order chi connectivity index (χ0) is 12.8. The molecule has 1 aromatic rings. The first-order valence-corrected chi connectivity index (χ1v) is 5.84. The molecule has 94 valence electrons. The van der Waals surface area contributed by atoms with E-state index >= 15 is 0 Å². The lowest BCUT2D eigenvalue weighted by molar-refractivity contribution is -0.136. The average Bonchev–Trinajstić information content (AvgIpc) is 2.27. The highest BCUT2D eigenvalue weighted by Crippen LogP contribution is 2.00. The summed E-state index contributed by atoms with van der Waals surface area (Å²) in [5.74, 6) is -0.890. The van der Waals surface area contributed by atoms with Gasteiger partial charge in [-0.15, -0.1) is 0 Å². The molecule has 0 fully saturated rings. The SMILES string of the molecule is CCCCn1nc(C)cc(CCC(=O)O)c1=O. The quantitative estimate of drug-likeness (QED) is 0.812. The minimum Gasteiger partial charge on any atom is -0.481 e. The van der Waals surface area contributed by atoms with Gasteiger partial charge < -0.3 is 5.11 Å². The summed E-state index contributed by atoms with van der Waals surface area (Å²) in [6, 6.07) is 1.67. The number of carbonyl (C=O) groups is 1. The molecule has 1 heterocycles. The normalized spacial score (nSPS) is 10.5. The van der Waals surface area contributed by atoms with E-state index in [-0.39, 0.29) is 18.4 Å². The van der Waals surface area contributed by atoms with Gasteiger partial charge in [0, 0.05) is 18.5 Å². The molecule has 0 aliphatic carbocycles. The molecule has 1 N–H and O–H groups in total. The van der Waals surface area contributed by atoms with Gasteiger partial charge in [-0.1, -0.05) is 13.3 Å². The fourth-order valence-corrected chi connectivity index (χ4v) is 1.62. The Hall–Kier alpha value is -1.65. The summed E-state index contributed by atoms with van der Waals surface area (Å²) in [4.78, 5) is 22.4. The molecular formula is C12H18N2O3. The smallest absolute Gasteiger partial charge is 0.303 e. The van der Waals surface area contributed by atoms with Gasteiger partial charge in [-0.25, -0.2) is 4.68 Å². The van der Waals surface area contributed by atoms with Gasteiger partial charge in [-0.2, -0.15) is 5.10 Å². The van der Waals surface area contributed by atoms with E-state index in [9.17, 15) is 9.59 Å². The van der Waals surface area contributed by atoms with Gasteiger partial charge in [0.25, 0.3) is 5.56 Å². The van der Waals surface area contributed by atoms with Crippen LogP contribution in [0.5, 0.6) is 0 Å². The van der Waals surface area contributed by atoms with Gasteiger partial charge in [-0.05, 0) is 25.8 Å². The van der Waals surface area contributed by atoms with E-state index in [0.29, 0.717) is 12.1 Å².